The first-order valence-electron chi connectivity index (χ1n) is 6.01. The molecule has 0 radical (unpaired) electrons. The van der Waals surface area contributed by atoms with Gasteiger partial charge in [-0.3, -0.25) is 0 Å². The Kier molecular flexibility index (Phi) is 2.97. The highest BCUT2D eigenvalue weighted by Crippen LogP contribution is 2.24. The van der Waals surface area contributed by atoms with Crippen LogP contribution in [0.2, 0.25) is 0 Å². The van der Waals surface area contributed by atoms with E-state index in [-0.39, 0.29) is 0 Å². The summed E-state index contributed by atoms with van der Waals surface area (Å²) in [5, 5.41) is 4.48. The van der Waals surface area contributed by atoms with E-state index >= 15 is 0 Å². The number of anilines is 1. The number of nitrogens with zero attached hydrogens (tertiary/aromatic N) is 2. The summed E-state index contributed by atoms with van der Waals surface area (Å²) in [6.45, 7) is 0. The van der Waals surface area contributed by atoms with Gasteiger partial charge in [0.1, 0.15) is 0 Å². The fourth-order valence-electron chi connectivity index (χ4n) is 2.34. The normalized spacial score (nSPS) is 16.5. The molecule has 3 rings (SSSR count). The molecule has 88 valence electrons. The maximum Gasteiger partial charge on any atom is 0.223 e. The quantitative estimate of drug-likeness (QED) is 0.916. The van der Waals surface area contributed by atoms with E-state index in [0.29, 0.717) is 6.04 Å². The fourth-order valence-corrected chi connectivity index (χ4v) is 2.81. The van der Waals surface area contributed by atoms with E-state index in [4.69, 9.17) is 0 Å². The second-order valence-corrected chi connectivity index (χ2v) is 5.35. The number of rotatable bonds is 2. The van der Waals surface area contributed by atoms with Crippen LogP contribution in [0.25, 0.3) is 10.9 Å². The van der Waals surface area contributed by atoms with Crippen LogP contribution in [0, 0.1) is 0 Å². The van der Waals surface area contributed by atoms with Gasteiger partial charge in [-0.2, -0.15) is 0 Å². The molecule has 1 aromatic heterocycles. The van der Waals surface area contributed by atoms with Crippen LogP contribution in [0.5, 0.6) is 0 Å². The van der Waals surface area contributed by atoms with Crippen molar-refractivity contribution < 1.29 is 0 Å². The minimum atomic E-state index is 0.551. The summed E-state index contributed by atoms with van der Waals surface area (Å²) in [6, 6.07) is 6.59. The Labute approximate surface area is 109 Å². The first-order valence-corrected chi connectivity index (χ1v) is 6.80. The standard InChI is InChI=1S/C13H14BrN3/c14-11-7-3-4-9-8-15-13(17-12(9)11)16-10-5-1-2-6-10/h3-4,7-8,10H,1-2,5-6H2,(H,15,16,17). The predicted octanol–water partition coefficient (Wildman–Crippen LogP) is 3.75. The number of para-hydroxylation sites is 1. The molecule has 0 saturated heterocycles. The zero-order valence-electron chi connectivity index (χ0n) is 9.49. The van der Waals surface area contributed by atoms with Crippen LogP contribution in [-0.2, 0) is 0 Å². The Hall–Kier alpha value is -1.16. The number of hydrogen-bond acceptors (Lipinski definition) is 3. The Balaban J connectivity index is 1.92. The molecule has 0 spiro atoms. The molecule has 1 aliphatic rings. The average molecular weight is 292 g/mol. The van der Waals surface area contributed by atoms with Gasteiger partial charge in [0.05, 0.1) is 5.52 Å². The summed E-state index contributed by atoms with van der Waals surface area (Å²) < 4.78 is 1.02. The largest absolute Gasteiger partial charge is 0.351 e. The summed E-state index contributed by atoms with van der Waals surface area (Å²) in [5.74, 6) is 0.747. The van der Waals surface area contributed by atoms with Gasteiger partial charge in [-0.15, -0.1) is 0 Å². The first-order chi connectivity index (χ1) is 8.33. The van der Waals surface area contributed by atoms with Crippen molar-refractivity contribution in [3.8, 4) is 0 Å². The van der Waals surface area contributed by atoms with Crippen LogP contribution < -0.4 is 5.32 Å². The monoisotopic (exact) mass is 291 g/mol. The van der Waals surface area contributed by atoms with Crippen molar-refractivity contribution in [2.75, 3.05) is 5.32 Å². The molecule has 4 heteroatoms. The molecule has 0 unspecified atom stereocenters. The molecule has 0 atom stereocenters. The van der Waals surface area contributed by atoms with Gasteiger partial charge in [0.15, 0.2) is 0 Å². The SMILES string of the molecule is Brc1cccc2cnc(NC3CCCC3)nc12. The van der Waals surface area contributed by atoms with Gasteiger partial charge in [0, 0.05) is 22.1 Å². The number of nitrogens with one attached hydrogen (secondary N) is 1. The summed E-state index contributed by atoms with van der Waals surface area (Å²) >= 11 is 3.53. The van der Waals surface area contributed by atoms with Gasteiger partial charge in [-0.05, 0) is 34.8 Å². The zero-order chi connectivity index (χ0) is 11.7. The second kappa shape index (κ2) is 4.61. The molecule has 2 aromatic rings. The van der Waals surface area contributed by atoms with Crippen molar-refractivity contribution in [1.29, 1.82) is 0 Å². The fraction of sp³-hybridized carbons (Fsp3) is 0.385. The number of halogens is 1. The van der Waals surface area contributed by atoms with Crippen molar-refractivity contribution in [2.45, 2.75) is 31.7 Å². The van der Waals surface area contributed by atoms with E-state index in [0.717, 1.165) is 21.3 Å². The number of benzene rings is 1. The van der Waals surface area contributed by atoms with Crippen molar-refractivity contribution in [1.82, 2.24) is 9.97 Å². The summed E-state index contributed by atoms with van der Waals surface area (Å²) in [4.78, 5) is 8.94. The van der Waals surface area contributed by atoms with E-state index in [1.54, 1.807) is 0 Å². The van der Waals surface area contributed by atoms with E-state index in [1.807, 2.05) is 24.4 Å². The Morgan fingerprint density at radius 1 is 1.24 bits per heavy atom. The minimum Gasteiger partial charge on any atom is -0.351 e. The van der Waals surface area contributed by atoms with Gasteiger partial charge < -0.3 is 5.32 Å². The van der Waals surface area contributed by atoms with Crippen LogP contribution in [0.4, 0.5) is 5.95 Å². The van der Waals surface area contributed by atoms with E-state index in [9.17, 15) is 0 Å². The van der Waals surface area contributed by atoms with Crippen molar-refractivity contribution in [3.05, 3.63) is 28.9 Å². The highest BCUT2D eigenvalue weighted by atomic mass is 79.9. The molecule has 3 nitrogen and oxygen atoms in total. The van der Waals surface area contributed by atoms with Crippen molar-refractivity contribution in [2.24, 2.45) is 0 Å². The number of aromatic nitrogens is 2. The molecular weight excluding hydrogens is 278 g/mol. The van der Waals surface area contributed by atoms with Crippen LogP contribution >= 0.6 is 15.9 Å². The topological polar surface area (TPSA) is 37.8 Å². The lowest BCUT2D eigenvalue weighted by molar-refractivity contribution is 0.745. The summed E-state index contributed by atoms with van der Waals surface area (Å²) in [6.07, 6.45) is 6.98. The number of fused-ring (bicyclic) bond motifs is 1. The van der Waals surface area contributed by atoms with Crippen LogP contribution in [0.15, 0.2) is 28.9 Å². The average Bonchev–Trinajstić information content (AvgIpc) is 2.83. The summed E-state index contributed by atoms with van der Waals surface area (Å²) in [5.41, 5.74) is 0.975. The second-order valence-electron chi connectivity index (χ2n) is 4.50. The van der Waals surface area contributed by atoms with Crippen molar-refractivity contribution >= 4 is 32.8 Å². The Morgan fingerprint density at radius 2 is 2.06 bits per heavy atom. The van der Waals surface area contributed by atoms with E-state index < -0.39 is 0 Å². The predicted molar refractivity (Wildman–Crippen MR) is 73.1 cm³/mol. The van der Waals surface area contributed by atoms with Crippen LogP contribution in [0.3, 0.4) is 0 Å². The molecule has 1 N–H and O–H groups in total. The molecule has 1 aliphatic carbocycles. The van der Waals surface area contributed by atoms with Gasteiger partial charge in [0.25, 0.3) is 0 Å². The van der Waals surface area contributed by atoms with E-state index in [2.05, 4.69) is 31.2 Å². The highest BCUT2D eigenvalue weighted by molar-refractivity contribution is 9.10. The smallest absolute Gasteiger partial charge is 0.223 e. The van der Waals surface area contributed by atoms with Crippen molar-refractivity contribution in [3.63, 3.8) is 0 Å². The molecule has 1 saturated carbocycles. The lowest BCUT2D eigenvalue weighted by Gasteiger charge is -2.12. The van der Waals surface area contributed by atoms with Gasteiger partial charge in [-0.25, -0.2) is 9.97 Å². The highest BCUT2D eigenvalue weighted by Gasteiger charge is 2.15. The minimum absolute atomic E-state index is 0.551. The molecule has 1 fully saturated rings. The number of hydrogen-bond donors (Lipinski definition) is 1. The molecule has 17 heavy (non-hydrogen) atoms. The maximum absolute atomic E-state index is 4.57. The first kappa shape index (κ1) is 11.0. The molecule has 1 heterocycles. The molecule has 0 aliphatic heterocycles. The zero-order valence-corrected chi connectivity index (χ0v) is 11.1. The summed E-state index contributed by atoms with van der Waals surface area (Å²) in [7, 11) is 0. The van der Waals surface area contributed by atoms with Gasteiger partial charge in [0.2, 0.25) is 5.95 Å². The molecule has 0 amide bonds. The van der Waals surface area contributed by atoms with Crippen LogP contribution in [-0.4, -0.2) is 16.0 Å². The Morgan fingerprint density at radius 3 is 2.88 bits per heavy atom. The van der Waals surface area contributed by atoms with Gasteiger partial charge >= 0.3 is 0 Å². The third-order valence-corrected chi connectivity index (χ3v) is 3.89. The Bertz CT molecular complexity index is 535. The molecule has 0 bridgehead atoms. The van der Waals surface area contributed by atoms with Gasteiger partial charge in [-0.1, -0.05) is 25.0 Å². The lowest BCUT2D eigenvalue weighted by Crippen LogP contribution is -2.16. The molecule has 1 aromatic carbocycles. The maximum atomic E-state index is 4.57. The lowest BCUT2D eigenvalue weighted by atomic mass is 10.2. The van der Waals surface area contributed by atoms with Crippen LogP contribution in [0.1, 0.15) is 25.7 Å². The third-order valence-electron chi connectivity index (χ3n) is 3.25. The third kappa shape index (κ3) is 2.27. The molecular formula is C13H14BrN3. The van der Waals surface area contributed by atoms with E-state index in [1.165, 1.54) is 25.7 Å².